The lowest BCUT2D eigenvalue weighted by molar-refractivity contribution is 0.360. The van der Waals surface area contributed by atoms with E-state index in [0.29, 0.717) is 40.5 Å². The standard InChI is InChI=1S/C57H36N4O2/c1-4-17-37(18-5-1)54-59-55(61-56(60-54)41-22-15-20-39(34-41)49-30-12-13-32-58-49)40-21-14-19-38(33-40)44-28-16-31-50-53(44)63-51-35-46-45-27-10-11-29-47(45)57(42-23-6-2-7-24-42,43-25-8-3-9-26-43)48(46)36-52(51)62-50/h1-36H. The minimum atomic E-state index is -0.549. The average molecular weight is 809 g/mol. The van der Waals surface area contributed by atoms with Gasteiger partial charge in [-0.1, -0.05) is 170 Å². The number of pyridine rings is 1. The SMILES string of the molecule is c1ccc(-c2nc(-c3cccc(-c4ccccn4)c3)nc(-c3cccc(-c4cccc5c4Oc4cc6c(cc4O5)C(c4ccccc4)(c4ccccc4)c4ccccc4-6)c3)n2)cc1. The van der Waals surface area contributed by atoms with Crippen LogP contribution in [-0.2, 0) is 5.41 Å². The number of benzene rings is 8. The second-order valence-electron chi connectivity index (χ2n) is 15.8. The Kier molecular flexibility index (Phi) is 8.61. The number of para-hydroxylation sites is 1. The van der Waals surface area contributed by atoms with Crippen LogP contribution < -0.4 is 9.47 Å². The average Bonchev–Trinajstić information content (AvgIpc) is 3.65. The molecule has 2 aromatic heterocycles. The van der Waals surface area contributed by atoms with Crippen molar-refractivity contribution >= 4 is 0 Å². The van der Waals surface area contributed by atoms with Gasteiger partial charge in [0.15, 0.2) is 40.5 Å². The zero-order valence-corrected chi connectivity index (χ0v) is 33.9. The smallest absolute Gasteiger partial charge is 0.177 e. The first-order valence-corrected chi connectivity index (χ1v) is 21.0. The zero-order chi connectivity index (χ0) is 41.7. The Morgan fingerprint density at radius 1 is 0.333 bits per heavy atom. The van der Waals surface area contributed by atoms with E-state index in [-0.39, 0.29) is 0 Å². The van der Waals surface area contributed by atoms with Gasteiger partial charge in [0.1, 0.15) is 0 Å². The fourth-order valence-corrected chi connectivity index (χ4v) is 9.29. The van der Waals surface area contributed by atoms with Gasteiger partial charge in [-0.3, -0.25) is 4.98 Å². The molecule has 6 heteroatoms. The molecular formula is C57H36N4O2. The normalized spacial score (nSPS) is 12.8. The summed E-state index contributed by atoms with van der Waals surface area (Å²) in [6.45, 7) is 0. The van der Waals surface area contributed by atoms with Crippen LogP contribution in [0, 0.1) is 0 Å². The topological polar surface area (TPSA) is 70.0 Å². The number of nitrogens with zero attached hydrogens (tertiary/aromatic N) is 4. The molecule has 0 spiro atoms. The third kappa shape index (κ3) is 6.11. The number of fused-ring (bicyclic) bond motifs is 5. The van der Waals surface area contributed by atoms with E-state index in [9.17, 15) is 0 Å². The van der Waals surface area contributed by atoms with Gasteiger partial charge in [-0.15, -0.1) is 0 Å². The van der Waals surface area contributed by atoms with E-state index in [1.165, 1.54) is 22.3 Å². The maximum Gasteiger partial charge on any atom is 0.177 e. The molecule has 0 amide bonds. The minimum absolute atomic E-state index is 0.549. The van der Waals surface area contributed by atoms with E-state index in [1.807, 2.05) is 84.9 Å². The quantitative estimate of drug-likeness (QED) is 0.160. The summed E-state index contributed by atoms with van der Waals surface area (Å²) in [4.78, 5) is 19.7. The molecule has 0 radical (unpaired) electrons. The third-order valence-corrected chi connectivity index (χ3v) is 12.1. The predicted octanol–water partition coefficient (Wildman–Crippen LogP) is 13.9. The Hall–Kier alpha value is -8.48. The minimum Gasteiger partial charge on any atom is -0.449 e. The highest BCUT2D eigenvalue weighted by atomic mass is 16.6. The van der Waals surface area contributed by atoms with Crippen LogP contribution in [-0.4, -0.2) is 19.9 Å². The second kappa shape index (κ2) is 14.9. The van der Waals surface area contributed by atoms with Crippen molar-refractivity contribution in [1.29, 1.82) is 0 Å². The fourth-order valence-electron chi connectivity index (χ4n) is 9.29. The predicted molar refractivity (Wildman–Crippen MR) is 249 cm³/mol. The van der Waals surface area contributed by atoms with Crippen molar-refractivity contribution in [1.82, 2.24) is 19.9 Å². The molecule has 0 fully saturated rings. The van der Waals surface area contributed by atoms with E-state index in [0.717, 1.165) is 50.2 Å². The molecule has 6 nitrogen and oxygen atoms in total. The van der Waals surface area contributed by atoms with Gasteiger partial charge < -0.3 is 9.47 Å². The van der Waals surface area contributed by atoms with Crippen LogP contribution in [0.3, 0.4) is 0 Å². The van der Waals surface area contributed by atoms with Gasteiger partial charge in [0.05, 0.1) is 11.1 Å². The fraction of sp³-hybridized carbons (Fsp3) is 0.0175. The van der Waals surface area contributed by atoms with Crippen LogP contribution in [0.5, 0.6) is 23.0 Å². The Morgan fingerprint density at radius 2 is 0.873 bits per heavy atom. The molecule has 63 heavy (non-hydrogen) atoms. The third-order valence-electron chi connectivity index (χ3n) is 12.1. The summed E-state index contributed by atoms with van der Waals surface area (Å²) in [5, 5.41) is 0. The first-order chi connectivity index (χ1) is 31.2. The molecule has 0 saturated heterocycles. The number of aromatic nitrogens is 4. The van der Waals surface area contributed by atoms with Crippen LogP contribution in [0.25, 0.3) is 67.7 Å². The molecule has 0 bridgehead atoms. The number of hydrogen-bond acceptors (Lipinski definition) is 6. The maximum atomic E-state index is 6.96. The number of ether oxygens (including phenoxy) is 2. The van der Waals surface area contributed by atoms with Crippen LogP contribution in [0.4, 0.5) is 0 Å². The lowest BCUT2D eigenvalue weighted by Crippen LogP contribution is -2.28. The Labute approximate surface area is 364 Å². The summed E-state index contributed by atoms with van der Waals surface area (Å²) in [5.41, 5.74) is 12.8. The van der Waals surface area contributed by atoms with Crippen LogP contribution in [0.15, 0.2) is 219 Å². The van der Waals surface area contributed by atoms with Crippen LogP contribution in [0.2, 0.25) is 0 Å². The lowest BCUT2D eigenvalue weighted by atomic mass is 9.67. The van der Waals surface area contributed by atoms with Crippen LogP contribution >= 0.6 is 0 Å². The van der Waals surface area contributed by atoms with Crippen molar-refractivity contribution in [2.45, 2.75) is 5.41 Å². The van der Waals surface area contributed by atoms with E-state index in [4.69, 9.17) is 24.4 Å². The molecule has 0 N–H and O–H groups in total. The van der Waals surface area contributed by atoms with Crippen LogP contribution in [0.1, 0.15) is 22.3 Å². The van der Waals surface area contributed by atoms with E-state index in [2.05, 4.69) is 132 Å². The molecular weight excluding hydrogens is 773 g/mol. The maximum absolute atomic E-state index is 6.96. The van der Waals surface area contributed by atoms with Gasteiger partial charge in [0.25, 0.3) is 0 Å². The van der Waals surface area contributed by atoms with Crippen molar-refractivity contribution in [3.8, 4) is 90.7 Å². The van der Waals surface area contributed by atoms with E-state index < -0.39 is 5.41 Å². The first-order valence-electron chi connectivity index (χ1n) is 21.0. The number of rotatable bonds is 7. The Balaban J connectivity index is 0.954. The van der Waals surface area contributed by atoms with Gasteiger partial charge in [-0.05, 0) is 81.4 Å². The van der Waals surface area contributed by atoms with Gasteiger partial charge in [0, 0.05) is 34.0 Å². The van der Waals surface area contributed by atoms with Gasteiger partial charge in [-0.25, -0.2) is 15.0 Å². The molecule has 2 aliphatic rings. The molecule has 0 atom stereocenters. The van der Waals surface area contributed by atoms with Gasteiger partial charge >= 0.3 is 0 Å². The molecule has 1 aliphatic carbocycles. The zero-order valence-electron chi connectivity index (χ0n) is 33.9. The summed E-state index contributed by atoms with van der Waals surface area (Å²) >= 11 is 0. The monoisotopic (exact) mass is 808 g/mol. The molecule has 296 valence electrons. The van der Waals surface area contributed by atoms with E-state index >= 15 is 0 Å². The summed E-state index contributed by atoms with van der Waals surface area (Å²) in [6, 6.07) is 73.1. The molecule has 3 heterocycles. The van der Waals surface area contributed by atoms with Gasteiger partial charge in [-0.2, -0.15) is 0 Å². The highest BCUT2D eigenvalue weighted by molar-refractivity contribution is 5.89. The summed E-state index contributed by atoms with van der Waals surface area (Å²) in [6.07, 6.45) is 1.80. The molecule has 0 saturated carbocycles. The first kappa shape index (κ1) is 36.4. The second-order valence-corrected chi connectivity index (χ2v) is 15.8. The molecule has 10 aromatic rings. The largest absolute Gasteiger partial charge is 0.449 e. The Morgan fingerprint density at radius 3 is 1.57 bits per heavy atom. The lowest BCUT2D eigenvalue weighted by Gasteiger charge is -2.34. The molecule has 0 unspecified atom stereocenters. The van der Waals surface area contributed by atoms with Crippen molar-refractivity contribution < 1.29 is 9.47 Å². The van der Waals surface area contributed by atoms with Crippen molar-refractivity contribution in [3.05, 3.63) is 241 Å². The molecule has 8 aromatic carbocycles. The van der Waals surface area contributed by atoms with Crippen molar-refractivity contribution in [3.63, 3.8) is 0 Å². The Bertz CT molecular complexity index is 3300. The molecule has 12 rings (SSSR count). The van der Waals surface area contributed by atoms with Crippen molar-refractivity contribution in [2.75, 3.05) is 0 Å². The highest BCUT2D eigenvalue weighted by Gasteiger charge is 2.47. The highest BCUT2D eigenvalue weighted by Crippen LogP contribution is 2.60. The summed E-state index contributed by atoms with van der Waals surface area (Å²) < 4.78 is 13.8. The van der Waals surface area contributed by atoms with Gasteiger partial charge in [0.2, 0.25) is 0 Å². The van der Waals surface area contributed by atoms with Crippen molar-refractivity contribution in [2.24, 2.45) is 0 Å². The van der Waals surface area contributed by atoms with E-state index in [1.54, 1.807) is 6.20 Å². The molecule has 1 aliphatic heterocycles. The number of hydrogen-bond donors (Lipinski definition) is 0. The summed E-state index contributed by atoms with van der Waals surface area (Å²) in [7, 11) is 0. The summed E-state index contributed by atoms with van der Waals surface area (Å²) in [5.74, 6) is 4.36.